The van der Waals surface area contributed by atoms with E-state index >= 15 is 0 Å². The second-order valence-corrected chi connectivity index (χ2v) is 8.64. The van der Waals surface area contributed by atoms with Crippen LogP contribution in [0.3, 0.4) is 0 Å². The molecule has 2 rings (SSSR count). The van der Waals surface area contributed by atoms with Crippen LogP contribution >= 0.6 is 0 Å². The molecule has 0 radical (unpaired) electrons. The highest BCUT2D eigenvalue weighted by molar-refractivity contribution is 6.30. The van der Waals surface area contributed by atoms with Crippen molar-refractivity contribution in [2.45, 2.75) is 45.3 Å². The van der Waals surface area contributed by atoms with Gasteiger partial charge in [0.15, 0.2) is 11.6 Å². The van der Waals surface area contributed by atoms with Crippen molar-refractivity contribution < 1.29 is 36.6 Å². The minimum absolute atomic E-state index is 0.0190. The van der Waals surface area contributed by atoms with Crippen LogP contribution in [0.2, 0.25) is 0 Å². The van der Waals surface area contributed by atoms with E-state index in [9.17, 15) is 22.4 Å². The van der Waals surface area contributed by atoms with Crippen molar-refractivity contribution in [3.8, 4) is 5.75 Å². The van der Waals surface area contributed by atoms with Gasteiger partial charge in [0.25, 0.3) is 0 Å². The third kappa shape index (κ3) is 8.78. The van der Waals surface area contributed by atoms with E-state index in [0.29, 0.717) is 18.7 Å². The molecule has 0 bridgehead atoms. The van der Waals surface area contributed by atoms with Crippen molar-refractivity contribution in [3.63, 3.8) is 0 Å². The zero-order valence-electron chi connectivity index (χ0n) is 19.2. The first-order valence-electron chi connectivity index (χ1n) is 10.4. The topological polar surface area (TPSA) is 113 Å². The van der Waals surface area contributed by atoms with Crippen LogP contribution in [0.15, 0.2) is 23.3 Å². The summed E-state index contributed by atoms with van der Waals surface area (Å²) in [5, 5.41) is 10.6. The number of amides is 1. The van der Waals surface area contributed by atoms with Gasteiger partial charge in [-0.2, -0.15) is 5.10 Å². The number of alkyl halides is 3. The predicted octanol–water partition coefficient (Wildman–Crippen LogP) is 3.13. The molecule has 0 saturated carbocycles. The van der Waals surface area contributed by atoms with Crippen LogP contribution in [0.4, 0.5) is 22.4 Å². The van der Waals surface area contributed by atoms with Gasteiger partial charge in [0, 0.05) is 32.4 Å². The first-order valence-corrected chi connectivity index (χ1v) is 10.4. The summed E-state index contributed by atoms with van der Waals surface area (Å²) in [5.74, 6) is 3.13. The number of piperazine rings is 1. The maximum Gasteiger partial charge on any atom is 0.573 e. The Bertz CT molecular complexity index is 889. The fourth-order valence-electron chi connectivity index (χ4n) is 3.25. The molecule has 13 heteroatoms. The molecule has 190 valence electrons. The summed E-state index contributed by atoms with van der Waals surface area (Å²) < 4.78 is 66.0. The maximum absolute atomic E-state index is 14.1. The van der Waals surface area contributed by atoms with Crippen LogP contribution in [-0.2, 0) is 16.0 Å². The summed E-state index contributed by atoms with van der Waals surface area (Å²) in [7, 11) is 0. The van der Waals surface area contributed by atoms with E-state index in [0.717, 1.165) is 18.3 Å². The van der Waals surface area contributed by atoms with E-state index in [4.69, 9.17) is 20.7 Å². The van der Waals surface area contributed by atoms with Crippen LogP contribution in [0, 0.1) is 11.2 Å². The molecule has 1 aliphatic heterocycles. The van der Waals surface area contributed by atoms with Gasteiger partial charge in [0.2, 0.25) is 0 Å². The molecule has 1 fully saturated rings. The predicted molar refractivity (Wildman–Crippen MR) is 116 cm³/mol. The Kier molecular flexibility index (Phi) is 9.21. The molecule has 1 amide bonds. The molecular formula is C21H29F4N5O4. The Morgan fingerprint density at radius 3 is 2.56 bits per heavy atom. The first-order chi connectivity index (χ1) is 15.8. The van der Waals surface area contributed by atoms with Crippen LogP contribution < -0.4 is 10.6 Å². The number of nitrogens with zero attached hydrogens (tertiary/aromatic N) is 3. The lowest BCUT2D eigenvalue weighted by Gasteiger charge is -2.41. The third-order valence-corrected chi connectivity index (χ3v) is 4.76. The molecular weight excluding hydrogens is 462 g/mol. The van der Waals surface area contributed by atoms with Crippen LogP contribution in [0.25, 0.3) is 0 Å². The zero-order valence-corrected chi connectivity index (χ0v) is 19.2. The number of carbonyl (C=O) groups is 1. The van der Waals surface area contributed by atoms with Crippen molar-refractivity contribution in [1.82, 2.24) is 9.80 Å². The number of hydrogen-bond donors (Lipinski definition) is 2. The minimum Gasteiger partial charge on any atom is -0.444 e. The lowest BCUT2D eigenvalue weighted by Crippen LogP contribution is -2.56. The molecule has 9 nitrogen and oxygen atoms in total. The Hall–Kier alpha value is -2.93. The zero-order chi connectivity index (χ0) is 25.5. The Morgan fingerprint density at radius 1 is 1.29 bits per heavy atom. The van der Waals surface area contributed by atoms with Gasteiger partial charge in [-0.3, -0.25) is 4.90 Å². The number of halogens is 4. The summed E-state index contributed by atoms with van der Waals surface area (Å²) in [4.78, 5) is 16.0. The van der Waals surface area contributed by atoms with Crippen LogP contribution in [0.1, 0.15) is 26.3 Å². The molecule has 0 spiro atoms. The van der Waals surface area contributed by atoms with Gasteiger partial charge in [-0.15, -0.1) is 13.2 Å². The minimum atomic E-state index is -5.00. The summed E-state index contributed by atoms with van der Waals surface area (Å²) in [6.07, 6.45) is -4.52. The maximum atomic E-state index is 14.1. The summed E-state index contributed by atoms with van der Waals surface area (Å²) >= 11 is 0. The largest absolute Gasteiger partial charge is 0.573 e. The fraction of sp³-hybridized carbons (Fsp3) is 0.571. The number of hydrogen-bond acceptors (Lipinski definition) is 8. The van der Waals surface area contributed by atoms with Crippen molar-refractivity contribution in [1.29, 1.82) is 5.41 Å². The molecule has 0 aromatic heterocycles. The Morgan fingerprint density at radius 2 is 2.00 bits per heavy atom. The van der Waals surface area contributed by atoms with E-state index in [2.05, 4.69) is 9.84 Å². The SMILES string of the molecule is CC(C)(C)OC(=O)N1CCN(Cc2ccc(OC(F)(F)F)c(F)c2)[C@@H](COCC(C=N)=NN)C1. The van der Waals surface area contributed by atoms with Gasteiger partial charge in [0.05, 0.1) is 19.3 Å². The van der Waals surface area contributed by atoms with Gasteiger partial charge in [-0.05, 0) is 38.5 Å². The molecule has 1 atom stereocenters. The first kappa shape index (κ1) is 27.3. The normalized spacial score (nSPS) is 18.0. The van der Waals surface area contributed by atoms with Crippen molar-refractivity contribution >= 4 is 18.0 Å². The number of nitrogens with one attached hydrogen (secondary N) is 1. The standard InChI is InChI=1S/C21H29F4N5O4/c1-20(2,3)34-19(31)30-7-6-29(16(11-30)13-32-12-15(9-26)28-27)10-14-4-5-18(17(22)8-14)33-21(23,24)25/h4-5,8-9,16,26H,6-7,10-13,27H2,1-3H3/t16-/m1/s1. The Balaban J connectivity index is 2.12. The lowest BCUT2D eigenvalue weighted by atomic mass is 10.1. The molecule has 1 aliphatic rings. The van der Waals surface area contributed by atoms with Crippen LogP contribution in [-0.4, -0.2) is 78.7 Å². The number of carbonyl (C=O) groups excluding carboxylic acids is 1. The van der Waals surface area contributed by atoms with Gasteiger partial charge >= 0.3 is 12.5 Å². The lowest BCUT2D eigenvalue weighted by molar-refractivity contribution is -0.275. The fourth-order valence-corrected chi connectivity index (χ4v) is 3.25. The Labute approximate surface area is 194 Å². The molecule has 1 aromatic carbocycles. The number of ether oxygens (including phenoxy) is 3. The number of rotatable bonds is 8. The summed E-state index contributed by atoms with van der Waals surface area (Å²) in [6, 6.07) is 2.90. The second kappa shape index (κ2) is 11.5. The molecule has 1 saturated heterocycles. The second-order valence-electron chi connectivity index (χ2n) is 8.64. The number of hydrazone groups is 1. The average Bonchev–Trinajstić information content (AvgIpc) is 2.72. The molecule has 0 unspecified atom stereocenters. The van der Waals surface area contributed by atoms with E-state index in [1.165, 1.54) is 11.0 Å². The van der Waals surface area contributed by atoms with Gasteiger partial charge in [-0.25, -0.2) is 9.18 Å². The number of benzene rings is 1. The highest BCUT2D eigenvalue weighted by Crippen LogP contribution is 2.27. The van der Waals surface area contributed by atoms with Crippen molar-refractivity contribution in [2.24, 2.45) is 10.9 Å². The quantitative estimate of drug-likeness (QED) is 0.250. The average molecular weight is 491 g/mol. The van der Waals surface area contributed by atoms with Crippen LogP contribution in [0.5, 0.6) is 5.75 Å². The molecule has 1 aromatic rings. The van der Waals surface area contributed by atoms with E-state index in [-0.39, 0.29) is 38.1 Å². The summed E-state index contributed by atoms with van der Waals surface area (Å²) in [6.45, 7) is 6.54. The van der Waals surface area contributed by atoms with Crippen molar-refractivity contribution in [2.75, 3.05) is 32.8 Å². The van der Waals surface area contributed by atoms with Gasteiger partial charge in [0.1, 0.15) is 11.3 Å². The van der Waals surface area contributed by atoms with E-state index in [1.807, 2.05) is 4.90 Å². The number of nitrogens with two attached hydrogens (primary N) is 1. The van der Waals surface area contributed by atoms with Crippen molar-refractivity contribution in [3.05, 3.63) is 29.6 Å². The van der Waals surface area contributed by atoms with Gasteiger partial charge < -0.3 is 30.4 Å². The molecule has 0 aliphatic carbocycles. The molecule has 34 heavy (non-hydrogen) atoms. The van der Waals surface area contributed by atoms with E-state index in [1.54, 1.807) is 20.8 Å². The highest BCUT2D eigenvalue weighted by atomic mass is 19.4. The monoisotopic (exact) mass is 491 g/mol. The third-order valence-electron chi connectivity index (χ3n) is 4.76. The molecule has 3 N–H and O–H groups in total. The van der Waals surface area contributed by atoms with Gasteiger partial charge in [-0.1, -0.05) is 6.07 Å². The van der Waals surface area contributed by atoms with E-state index < -0.39 is 29.6 Å². The highest BCUT2D eigenvalue weighted by Gasteiger charge is 2.34. The smallest absolute Gasteiger partial charge is 0.444 e. The summed E-state index contributed by atoms with van der Waals surface area (Å²) in [5.41, 5.74) is -0.0332. The molecule has 1 heterocycles.